The number of rotatable bonds is 17. The fourth-order valence-electron chi connectivity index (χ4n) is 6.13. The Hall–Kier alpha value is -1.32. The van der Waals surface area contributed by atoms with Crippen molar-refractivity contribution in [3.8, 4) is 0 Å². The van der Waals surface area contributed by atoms with E-state index in [1.807, 2.05) is 4.90 Å². The fourth-order valence-corrected chi connectivity index (χ4v) is 9.73. The summed E-state index contributed by atoms with van der Waals surface area (Å²) in [6.45, 7) is 11.7. The second-order valence-corrected chi connectivity index (χ2v) is 13.1. The molecule has 37 heavy (non-hydrogen) atoms. The van der Waals surface area contributed by atoms with Crippen molar-refractivity contribution in [3.63, 3.8) is 0 Å². The number of likely N-dealkylation sites (tertiary alicyclic amines) is 1. The number of halogens is 1. The summed E-state index contributed by atoms with van der Waals surface area (Å²) in [5.74, 6) is -1.55. The minimum Gasteiger partial charge on any atom is -0.465 e. The predicted octanol–water partition coefficient (Wildman–Crippen LogP) is 4.33. The van der Waals surface area contributed by atoms with E-state index in [1.54, 1.807) is 28.8 Å². The monoisotopic (exact) mass is 598 g/mol. The molecule has 0 aromatic heterocycles. The smallest absolute Gasteiger partial charge is 0.310 e. The highest BCUT2D eigenvalue weighted by Gasteiger charge is 2.76. The first-order valence-corrected chi connectivity index (χ1v) is 15.6. The van der Waals surface area contributed by atoms with Crippen LogP contribution < -0.4 is 0 Å². The number of hydrogen-bond donors (Lipinski definition) is 1. The molecule has 3 aliphatic rings. The Balaban J connectivity index is 1.90. The molecule has 0 aliphatic carbocycles. The van der Waals surface area contributed by atoms with Gasteiger partial charge in [0.25, 0.3) is 0 Å². The highest BCUT2D eigenvalue weighted by atomic mass is 79.9. The van der Waals surface area contributed by atoms with Crippen LogP contribution in [0.4, 0.5) is 0 Å². The molecular formula is C28H43BrN2O5S. The third-order valence-electron chi connectivity index (χ3n) is 7.84. The minimum absolute atomic E-state index is 0.0348. The molecule has 3 heterocycles. The zero-order valence-electron chi connectivity index (χ0n) is 22.1. The van der Waals surface area contributed by atoms with Crippen molar-refractivity contribution in [2.45, 2.75) is 85.6 Å². The number of thioether (sulfide) groups is 1. The molecular weight excluding hydrogens is 556 g/mol. The van der Waals surface area contributed by atoms with Crippen molar-refractivity contribution in [1.29, 1.82) is 0 Å². The van der Waals surface area contributed by atoms with E-state index < -0.39 is 22.6 Å². The van der Waals surface area contributed by atoms with E-state index in [0.29, 0.717) is 39.1 Å². The average molecular weight is 600 g/mol. The molecule has 6 atom stereocenters. The summed E-state index contributed by atoms with van der Waals surface area (Å²) in [4.78, 5) is 45.2. The second-order valence-electron chi connectivity index (χ2n) is 10.4. The SMILES string of the molecule is C=CCCCOC(=O)[C@H]1[C@H]2C(=O)N(CCCCCCO)C(C(=O)N(CC=C)CCCC)C23CC(Br)[C@@H]1S3. The summed E-state index contributed by atoms with van der Waals surface area (Å²) in [5, 5.41) is 9.02. The average Bonchev–Trinajstić information content (AvgIpc) is 3.47. The van der Waals surface area contributed by atoms with Crippen LogP contribution in [0.1, 0.15) is 64.7 Å². The summed E-state index contributed by atoms with van der Waals surface area (Å²) in [5.41, 5.74) is 0. The maximum Gasteiger partial charge on any atom is 0.310 e. The number of amides is 2. The van der Waals surface area contributed by atoms with Gasteiger partial charge >= 0.3 is 5.97 Å². The molecule has 208 valence electrons. The number of nitrogens with zero attached hydrogens (tertiary/aromatic N) is 2. The van der Waals surface area contributed by atoms with Crippen molar-refractivity contribution in [2.24, 2.45) is 11.8 Å². The molecule has 1 spiro atoms. The Morgan fingerprint density at radius 1 is 1.22 bits per heavy atom. The molecule has 7 nitrogen and oxygen atoms in total. The van der Waals surface area contributed by atoms with Gasteiger partial charge < -0.3 is 19.6 Å². The second kappa shape index (κ2) is 14.2. The van der Waals surface area contributed by atoms with Crippen molar-refractivity contribution < 1.29 is 24.2 Å². The number of carbonyl (C=O) groups is 3. The van der Waals surface area contributed by atoms with Gasteiger partial charge in [-0.25, -0.2) is 0 Å². The number of carbonyl (C=O) groups excluding carboxylic acids is 3. The van der Waals surface area contributed by atoms with Gasteiger partial charge in [0, 0.05) is 36.3 Å². The van der Waals surface area contributed by atoms with E-state index in [1.165, 1.54) is 0 Å². The van der Waals surface area contributed by atoms with Crippen LogP contribution in [0.5, 0.6) is 0 Å². The molecule has 2 amide bonds. The molecule has 3 rings (SSSR count). The number of unbranched alkanes of at least 4 members (excludes halogenated alkanes) is 5. The molecule has 3 unspecified atom stereocenters. The molecule has 0 aromatic carbocycles. The lowest BCUT2D eigenvalue weighted by Crippen LogP contribution is -2.55. The van der Waals surface area contributed by atoms with E-state index in [4.69, 9.17) is 9.84 Å². The topological polar surface area (TPSA) is 87.1 Å². The first-order valence-electron chi connectivity index (χ1n) is 13.8. The van der Waals surface area contributed by atoms with E-state index >= 15 is 0 Å². The summed E-state index contributed by atoms with van der Waals surface area (Å²) >= 11 is 5.45. The van der Waals surface area contributed by atoms with Crippen molar-refractivity contribution in [1.82, 2.24) is 9.80 Å². The largest absolute Gasteiger partial charge is 0.465 e. The quantitative estimate of drug-likeness (QED) is 0.116. The van der Waals surface area contributed by atoms with Crippen LogP contribution in [0.25, 0.3) is 0 Å². The van der Waals surface area contributed by atoms with E-state index in [-0.39, 0.29) is 34.5 Å². The number of alkyl halides is 1. The number of fused-ring (bicyclic) bond motifs is 1. The number of allylic oxidation sites excluding steroid dienone is 1. The number of esters is 1. The van der Waals surface area contributed by atoms with Crippen molar-refractivity contribution in [3.05, 3.63) is 25.3 Å². The maximum absolute atomic E-state index is 14.2. The lowest BCUT2D eigenvalue weighted by molar-refractivity contribution is -0.154. The van der Waals surface area contributed by atoms with Gasteiger partial charge in [-0.2, -0.15) is 0 Å². The third kappa shape index (κ3) is 6.30. The summed E-state index contributed by atoms with van der Waals surface area (Å²) in [7, 11) is 0. The van der Waals surface area contributed by atoms with Gasteiger partial charge in [0.15, 0.2) is 0 Å². The zero-order valence-corrected chi connectivity index (χ0v) is 24.5. The molecule has 0 radical (unpaired) electrons. The van der Waals surface area contributed by atoms with Crippen LogP contribution in [0.3, 0.4) is 0 Å². The summed E-state index contributed by atoms with van der Waals surface area (Å²) in [6.07, 6.45) is 10.8. The fraction of sp³-hybridized carbons (Fsp3) is 0.750. The Morgan fingerprint density at radius 3 is 2.65 bits per heavy atom. The van der Waals surface area contributed by atoms with Gasteiger partial charge in [-0.05, 0) is 38.5 Å². The molecule has 3 fully saturated rings. The van der Waals surface area contributed by atoms with Gasteiger partial charge in [0.2, 0.25) is 11.8 Å². The first kappa shape index (κ1) is 30.2. The van der Waals surface area contributed by atoms with Gasteiger partial charge in [-0.15, -0.1) is 24.9 Å². The van der Waals surface area contributed by atoms with Gasteiger partial charge in [0.1, 0.15) is 6.04 Å². The molecule has 1 N–H and O–H groups in total. The minimum atomic E-state index is -0.644. The molecule has 0 saturated carbocycles. The van der Waals surface area contributed by atoms with Crippen molar-refractivity contribution in [2.75, 3.05) is 32.8 Å². The number of ether oxygens (including phenoxy) is 1. The van der Waals surface area contributed by atoms with Crippen LogP contribution in [0.2, 0.25) is 0 Å². The van der Waals surface area contributed by atoms with Crippen LogP contribution >= 0.6 is 27.7 Å². The molecule has 9 heteroatoms. The van der Waals surface area contributed by atoms with Crippen LogP contribution in [-0.2, 0) is 19.1 Å². The maximum atomic E-state index is 14.2. The summed E-state index contributed by atoms with van der Waals surface area (Å²) in [6, 6.07) is -0.603. The number of aliphatic hydroxyl groups excluding tert-OH is 1. The Morgan fingerprint density at radius 2 is 1.97 bits per heavy atom. The van der Waals surface area contributed by atoms with Gasteiger partial charge in [0.05, 0.1) is 23.2 Å². The number of aliphatic hydroxyl groups is 1. The first-order chi connectivity index (χ1) is 17.9. The lowest BCUT2D eigenvalue weighted by Gasteiger charge is -2.38. The third-order valence-corrected chi connectivity index (χ3v) is 11.1. The summed E-state index contributed by atoms with van der Waals surface area (Å²) < 4.78 is 5.01. The zero-order chi connectivity index (χ0) is 27.0. The molecule has 3 saturated heterocycles. The van der Waals surface area contributed by atoms with Gasteiger partial charge in [-0.1, -0.05) is 54.3 Å². The standard InChI is InChI=1S/C28H43BrN2O5S/c1-4-7-13-18-36-27(35)21-22-25(33)31(16-11-9-10-12-17-32)24(28(22)19-20(29)23(21)37-28)26(34)30(14-6-3)15-8-5-2/h4,6,20-24,32H,1,3,5,7-19H2,2H3/t20?,21-,22-,23-,24?,28?/m0/s1. The predicted molar refractivity (Wildman–Crippen MR) is 152 cm³/mol. The van der Waals surface area contributed by atoms with Gasteiger partial charge in [-0.3, -0.25) is 14.4 Å². The van der Waals surface area contributed by atoms with Crippen LogP contribution in [0.15, 0.2) is 25.3 Å². The van der Waals surface area contributed by atoms with Crippen LogP contribution in [0, 0.1) is 11.8 Å². The molecule has 0 aromatic rings. The lowest BCUT2D eigenvalue weighted by atomic mass is 9.71. The van der Waals surface area contributed by atoms with E-state index in [9.17, 15) is 14.4 Å². The Labute approximate surface area is 234 Å². The van der Waals surface area contributed by atoms with Crippen LogP contribution in [-0.4, -0.2) is 86.4 Å². The highest BCUT2D eigenvalue weighted by Crippen LogP contribution is 2.68. The Kier molecular flexibility index (Phi) is 11.6. The normalized spacial score (nSPS) is 29.9. The highest BCUT2D eigenvalue weighted by molar-refractivity contribution is 9.09. The Bertz CT molecular complexity index is 841. The van der Waals surface area contributed by atoms with E-state index in [0.717, 1.165) is 44.9 Å². The molecule has 2 bridgehead atoms. The van der Waals surface area contributed by atoms with E-state index in [2.05, 4.69) is 36.0 Å². The van der Waals surface area contributed by atoms with Crippen molar-refractivity contribution >= 4 is 45.5 Å². The number of hydrogen-bond acceptors (Lipinski definition) is 6. The molecule has 3 aliphatic heterocycles.